The van der Waals surface area contributed by atoms with E-state index >= 15 is 0 Å². The monoisotopic (exact) mass is 283 g/mol. The number of nitrogens with one attached hydrogen (secondary N) is 1. The van der Waals surface area contributed by atoms with Crippen molar-refractivity contribution in [2.45, 2.75) is 44.6 Å². The largest absolute Gasteiger partial charge is 0.306 e. The zero-order valence-corrected chi connectivity index (χ0v) is 13.0. The summed E-state index contributed by atoms with van der Waals surface area (Å²) in [6.45, 7) is 3.22. The van der Waals surface area contributed by atoms with Gasteiger partial charge in [0, 0.05) is 18.8 Å². The summed E-state index contributed by atoms with van der Waals surface area (Å²) in [6, 6.07) is 9.45. The van der Waals surface area contributed by atoms with Gasteiger partial charge >= 0.3 is 0 Å². The van der Waals surface area contributed by atoms with E-state index in [1.807, 2.05) is 17.9 Å². The Labute approximate surface area is 127 Å². The summed E-state index contributed by atoms with van der Waals surface area (Å²) in [7, 11) is 1.97. The highest BCUT2D eigenvalue weighted by atomic mass is 15.2. The molecule has 112 valence electrons. The second-order valence-electron chi connectivity index (χ2n) is 6.13. The van der Waals surface area contributed by atoms with Gasteiger partial charge in [0.2, 0.25) is 0 Å². The minimum absolute atomic E-state index is 0.245. The summed E-state index contributed by atoms with van der Waals surface area (Å²) in [6.07, 6.45) is 9.32. The second-order valence-corrected chi connectivity index (χ2v) is 6.13. The highest BCUT2D eigenvalue weighted by Crippen LogP contribution is 2.36. The summed E-state index contributed by atoms with van der Waals surface area (Å²) < 4.78 is 1.87. The van der Waals surface area contributed by atoms with E-state index in [0.717, 1.165) is 18.9 Å². The van der Waals surface area contributed by atoms with Crippen LogP contribution in [0.4, 0.5) is 0 Å². The molecule has 0 spiro atoms. The van der Waals surface area contributed by atoms with E-state index < -0.39 is 0 Å². The van der Waals surface area contributed by atoms with Gasteiger partial charge in [-0.1, -0.05) is 37.6 Å². The normalized spacial score (nSPS) is 16.7. The molecule has 1 aliphatic carbocycles. The summed E-state index contributed by atoms with van der Waals surface area (Å²) in [5.41, 5.74) is 4.08. The number of rotatable bonds is 6. The lowest BCUT2D eigenvalue weighted by Crippen LogP contribution is -2.23. The molecule has 1 fully saturated rings. The smallest absolute Gasteiger partial charge is 0.0607 e. The highest BCUT2D eigenvalue weighted by molar-refractivity contribution is 5.33. The highest BCUT2D eigenvalue weighted by Gasteiger charge is 2.20. The van der Waals surface area contributed by atoms with E-state index in [4.69, 9.17) is 0 Å². The van der Waals surface area contributed by atoms with Crippen molar-refractivity contribution in [3.63, 3.8) is 0 Å². The fraction of sp³-hybridized carbons (Fsp3) is 0.500. The van der Waals surface area contributed by atoms with Crippen LogP contribution in [0.2, 0.25) is 0 Å². The summed E-state index contributed by atoms with van der Waals surface area (Å²) >= 11 is 0. The van der Waals surface area contributed by atoms with Crippen LogP contribution in [0, 0.1) is 0 Å². The topological polar surface area (TPSA) is 29.9 Å². The summed E-state index contributed by atoms with van der Waals surface area (Å²) in [5, 5.41) is 7.95. The molecule has 1 saturated carbocycles. The van der Waals surface area contributed by atoms with E-state index in [2.05, 4.69) is 47.8 Å². The van der Waals surface area contributed by atoms with Crippen molar-refractivity contribution in [2.75, 3.05) is 6.54 Å². The lowest BCUT2D eigenvalue weighted by Gasteiger charge is -2.26. The van der Waals surface area contributed by atoms with Gasteiger partial charge in [-0.15, -0.1) is 0 Å². The van der Waals surface area contributed by atoms with Gasteiger partial charge in [0.05, 0.1) is 12.2 Å². The molecule has 0 radical (unpaired) electrons. The Morgan fingerprint density at radius 3 is 2.52 bits per heavy atom. The molecule has 1 aromatic heterocycles. The Kier molecular flexibility index (Phi) is 4.39. The van der Waals surface area contributed by atoms with E-state index in [1.54, 1.807) is 0 Å². The first-order valence-electron chi connectivity index (χ1n) is 8.09. The molecule has 0 aliphatic heterocycles. The van der Waals surface area contributed by atoms with Crippen molar-refractivity contribution in [3.05, 3.63) is 53.3 Å². The van der Waals surface area contributed by atoms with Crippen LogP contribution in [0.5, 0.6) is 0 Å². The van der Waals surface area contributed by atoms with Crippen LogP contribution in [-0.4, -0.2) is 16.3 Å². The Morgan fingerprint density at radius 1 is 1.24 bits per heavy atom. The Hall–Kier alpha value is -1.61. The average molecular weight is 283 g/mol. The van der Waals surface area contributed by atoms with Crippen LogP contribution < -0.4 is 5.32 Å². The molecule has 3 heteroatoms. The molecule has 21 heavy (non-hydrogen) atoms. The average Bonchev–Trinajstić information content (AvgIpc) is 2.85. The van der Waals surface area contributed by atoms with Gasteiger partial charge in [0.1, 0.15) is 0 Å². The van der Waals surface area contributed by atoms with Crippen molar-refractivity contribution in [1.29, 1.82) is 0 Å². The Morgan fingerprint density at radius 2 is 2.00 bits per heavy atom. The van der Waals surface area contributed by atoms with Crippen LogP contribution in [0.3, 0.4) is 0 Å². The zero-order chi connectivity index (χ0) is 14.7. The molecular weight excluding hydrogens is 258 g/mol. The van der Waals surface area contributed by atoms with Gasteiger partial charge < -0.3 is 5.32 Å². The first-order chi connectivity index (χ1) is 10.3. The molecule has 1 N–H and O–H groups in total. The molecule has 1 aromatic carbocycles. The maximum Gasteiger partial charge on any atom is 0.0607 e. The maximum atomic E-state index is 4.32. The van der Waals surface area contributed by atoms with Crippen molar-refractivity contribution in [2.24, 2.45) is 7.05 Å². The number of aryl methyl sites for hydroxylation is 1. The molecule has 2 aromatic rings. The molecule has 1 unspecified atom stereocenters. The van der Waals surface area contributed by atoms with Crippen LogP contribution in [0.25, 0.3) is 0 Å². The molecule has 1 atom stereocenters. The fourth-order valence-electron chi connectivity index (χ4n) is 3.01. The van der Waals surface area contributed by atoms with Gasteiger partial charge in [0.15, 0.2) is 0 Å². The van der Waals surface area contributed by atoms with Gasteiger partial charge in [-0.3, -0.25) is 4.68 Å². The minimum atomic E-state index is 0.245. The van der Waals surface area contributed by atoms with Crippen molar-refractivity contribution in [1.82, 2.24) is 15.1 Å². The molecule has 3 nitrogen and oxygen atoms in total. The quantitative estimate of drug-likeness (QED) is 0.874. The third kappa shape index (κ3) is 3.18. The lowest BCUT2D eigenvalue weighted by atomic mass is 9.79. The number of nitrogens with zero attached hydrogens (tertiary/aromatic N) is 2. The molecule has 0 saturated heterocycles. The SMILES string of the molecule is CCCNC(c1ccc(C2CCC2)cc1)c1cnn(C)c1. The van der Waals surface area contributed by atoms with E-state index in [9.17, 15) is 0 Å². The molecule has 0 amide bonds. The Balaban J connectivity index is 1.81. The third-order valence-corrected chi connectivity index (χ3v) is 4.50. The van der Waals surface area contributed by atoms with Crippen LogP contribution >= 0.6 is 0 Å². The Bertz CT molecular complexity index is 566. The first-order valence-corrected chi connectivity index (χ1v) is 8.09. The lowest BCUT2D eigenvalue weighted by molar-refractivity contribution is 0.419. The van der Waals surface area contributed by atoms with Gasteiger partial charge in [0.25, 0.3) is 0 Å². The summed E-state index contributed by atoms with van der Waals surface area (Å²) in [5.74, 6) is 0.805. The van der Waals surface area contributed by atoms with E-state index in [1.165, 1.54) is 36.0 Å². The van der Waals surface area contributed by atoms with E-state index in [-0.39, 0.29) is 6.04 Å². The molecule has 1 aliphatic rings. The zero-order valence-electron chi connectivity index (χ0n) is 13.0. The summed E-state index contributed by atoms with van der Waals surface area (Å²) in [4.78, 5) is 0. The first kappa shape index (κ1) is 14.3. The van der Waals surface area contributed by atoms with E-state index in [0.29, 0.717) is 0 Å². The number of hydrogen-bond acceptors (Lipinski definition) is 2. The molecular formula is C18H25N3. The predicted molar refractivity (Wildman–Crippen MR) is 86.4 cm³/mol. The van der Waals surface area contributed by atoms with Crippen LogP contribution in [0.15, 0.2) is 36.7 Å². The number of benzene rings is 1. The third-order valence-electron chi connectivity index (χ3n) is 4.50. The van der Waals surface area contributed by atoms with Crippen LogP contribution in [-0.2, 0) is 7.05 Å². The molecule has 0 bridgehead atoms. The van der Waals surface area contributed by atoms with Gasteiger partial charge in [-0.25, -0.2) is 0 Å². The standard InChI is InChI=1S/C18H25N3/c1-3-11-19-18(17-12-20-21(2)13-17)16-9-7-15(8-10-16)14-5-4-6-14/h7-10,12-14,18-19H,3-6,11H2,1-2H3. The van der Waals surface area contributed by atoms with Gasteiger partial charge in [-0.05, 0) is 42.9 Å². The molecule has 3 rings (SSSR count). The predicted octanol–water partition coefficient (Wildman–Crippen LogP) is 3.78. The molecule has 1 heterocycles. The van der Waals surface area contributed by atoms with Crippen molar-refractivity contribution >= 4 is 0 Å². The second kappa shape index (κ2) is 6.44. The van der Waals surface area contributed by atoms with Crippen molar-refractivity contribution < 1.29 is 0 Å². The number of hydrogen-bond donors (Lipinski definition) is 1. The van der Waals surface area contributed by atoms with Crippen LogP contribution in [0.1, 0.15) is 61.3 Å². The number of aromatic nitrogens is 2. The van der Waals surface area contributed by atoms with Crippen molar-refractivity contribution in [3.8, 4) is 0 Å². The maximum absolute atomic E-state index is 4.32. The van der Waals surface area contributed by atoms with Gasteiger partial charge in [-0.2, -0.15) is 5.10 Å². The fourth-order valence-corrected chi connectivity index (χ4v) is 3.01. The minimum Gasteiger partial charge on any atom is -0.306 e.